The highest BCUT2D eigenvalue weighted by atomic mass is 16.5. The second kappa shape index (κ2) is 6.25. The Morgan fingerprint density at radius 3 is 2.65 bits per heavy atom. The monoisotopic (exact) mass is 275 g/mol. The van der Waals surface area contributed by atoms with Crippen molar-refractivity contribution in [3.63, 3.8) is 0 Å². The normalized spacial score (nSPS) is 10.8. The molecule has 2 aromatic rings. The number of furan rings is 1. The molecule has 106 valence electrons. The van der Waals surface area contributed by atoms with Crippen LogP contribution in [0.1, 0.15) is 21.5 Å². The Morgan fingerprint density at radius 1 is 1.30 bits per heavy atom. The number of carbonyl (C=O) groups is 1. The Kier molecular flexibility index (Phi) is 4.42. The number of benzene rings is 1. The summed E-state index contributed by atoms with van der Waals surface area (Å²) in [5.74, 6) is -0.611. The van der Waals surface area contributed by atoms with E-state index in [1.165, 1.54) is 7.11 Å². The van der Waals surface area contributed by atoms with Gasteiger partial charge >= 0.3 is 5.97 Å². The standard InChI is InChI=1S/C15H17NO4/c1-16(9-12-5-6-20-10-12)8-11-3-4-14(19-2)13(7-11)15(17)18/h3-7,10H,8-9H2,1-2H3,(H,17,18). The number of rotatable bonds is 6. The summed E-state index contributed by atoms with van der Waals surface area (Å²) >= 11 is 0. The molecule has 1 aromatic heterocycles. The summed E-state index contributed by atoms with van der Waals surface area (Å²) in [5.41, 5.74) is 2.19. The lowest BCUT2D eigenvalue weighted by molar-refractivity contribution is 0.0693. The van der Waals surface area contributed by atoms with E-state index in [2.05, 4.69) is 4.90 Å². The molecule has 0 unspecified atom stereocenters. The molecule has 0 saturated heterocycles. The highest BCUT2D eigenvalue weighted by molar-refractivity contribution is 5.91. The molecule has 0 aliphatic carbocycles. The highest BCUT2D eigenvalue weighted by Crippen LogP contribution is 2.21. The average molecular weight is 275 g/mol. The van der Waals surface area contributed by atoms with Crippen LogP contribution in [0.4, 0.5) is 0 Å². The fourth-order valence-electron chi connectivity index (χ4n) is 2.08. The van der Waals surface area contributed by atoms with Gasteiger partial charge in [-0.1, -0.05) is 6.07 Å². The van der Waals surface area contributed by atoms with Crippen LogP contribution in [-0.4, -0.2) is 30.1 Å². The number of aromatic carboxylic acids is 1. The number of carboxylic acids is 1. The lowest BCUT2D eigenvalue weighted by Crippen LogP contribution is -2.17. The first-order chi connectivity index (χ1) is 9.60. The van der Waals surface area contributed by atoms with Crippen LogP contribution in [0.2, 0.25) is 0 Å². The number of carboxylic acid groups (broad SMARTS) is 1. The largest absolute Gasteiger partial charge is 0.496 e. The van der Waals surface area contributed by atoms with Crippen molar-refractivity contribution in [2.75, 3.05) is 14.2 Å². The van der Waals surface area contributed by atoms with E-state index in [0.29, 0.717) is 12.3 Å². The molecule has 1 heterocycles. The Balaban J connectivity index is 2.09. The SMILES string of the molecule is COc1ccc(CN(C)Cc2ccoc2)cc1C(=O)O. The fraction of sp³-hybridized carbons (Fsp3) is 0.267. The third-order valence-electron chi connectivity index (χ3n) is 2.98. The van der Waals surface area contributed by atoms with Gasteiger partial charge in [-0.2, -0.15) is 0 Å². The van der Waals surface area contributed by atoms with Crippen LogP contribution in [0.3, 0.4) is 0 Å². The van der Waals surface area contributed by atoms with Gasteiger partial charge in [0.1, 0.15) is 11.3 Å². The van der Waals surface area contributed by atoms with Gasteiger partial charge in [0.2, 0.25) is 0 Å². The summed E-state index contributed by atoms with van der Waals surface area (Å²) in [7, 11) is 3.43. The number of methoxy groups -OCH3 is 1. The third kappa shape index (κ3) is 3.39. The Bertz CT molecular complexity index is 578. The zero-order valence-electron chi connectivity index (χ0n) is 11.5. The molecule has 1 aromatic carbocycles. The van der Waals surface area contributed by atoms with Crippen molar-refractivity contribution in [1.82, 2.24) is 4.90 Å². The predicted octanol–water partition coefficient (Wildman–Crippen LogP) is 2.62. The molecule has 20 heavy (non-hydrogen) atoms. The average Bonchev–Trinajstić information content (AvgIpc) is 2.91. The quantitative estimate of drug-likeness (QED) is 0.878. The summed E-state index contributed by atoms with van der Waals surface area (Å²) < 4.78 is 10.1. The molecule has 5 nitrogen and oxygen atoms in total. The summed E-state index contributed by atoms with van der Waals surface area (Å²) in [5, 5.41) is 9.16. The first-order valence-corrected chi connectivity index (χ1v) is 6.20. The van der Waals surface area contributed by atoms with E-state index in [9.17, 15) is 4.79 Å². The second-order valence-electron chi connectivity index (χ2n) is 4.64. The van der Waals surface area contributed by atoms with E-state index >= 15 is 0 Å². The zero-order valence-corrected chi connectivity index (χ0v) is 11.5. The summed E-state index contributed by atoms with van der Waals surface area (Å²) in [6, 6.07) is 7.11. The van der Waals surface area contributed by atoms with Crippen LogP contribution < -0.4 is 4.74 Å². The maximum absolute atomic E-state index is 11.2. The smallest absolute Gasteiger partial charge is 0.339 e. The number of hydrogen-bond acceptors (Lipinski definition) is 4. The maximum Gasteiger partial charge on any atom is 0.339 e. The van der Waals surface area contributed by atoms with Crippen molar-refractivity contribution in [3.05, 3.63) is 53.5 Å². The minimum atomic E-state index is -0.985. The first kappa shape index (κ1) is 14.1. The van der Waals surface area contributed by atoms with Gasteiger partial charge in [0.25, 0.3) is 0 Å². The molecular weight excluding hydrogens is 258 g/mol. The van der Waals surface area contributed by atoms with Gasteiger partial charge in [-0.3, -0.25) is 4.90 Å². The minimum Gasteiger partial charge on any atom is -0.496 e. The maximum atomic E-state index is 11.2. The van der Waals surface area contributed by atoms with Gasteiger partial charge in [-0.25, -0.2) is 4.79 Å². The van der Waals surface area contributed by atoms with Crippen molar-refractivity contribution < 1.29 is 19.1 Å². The molecule has 2 rings (SSSR count). The van der Waals surface area contributed by atoms with Crippen LogP contribution >= 0.6 is 0 Å². The number of nitrogens with zero attached hydrogens (tertiary/aromatic N) is 1. The van der Waals surface area contributed by atoms with Crippen molar-refractivity contribution >= 4 is 5.97 Å². The predicted molar refractivity (Wildman–Crippen MR) is 73.8 cm³/mol. The number of hydrogen-bond donors (Lipinski definition) is 1. The zero-order chi connectivity index (χ0) is 14.5. The van der Waals surface area contributed by atoms with Crippen molar-refractivity contribution in [2.24, 2.45) is 0 Å². The molecule has 0 aliphatic rings. The van der Waals surface area contributed by atoms with Gasteiger partial charge in [0, 0.05) is 18.7 Å². The Morgan fingerprint density at radius 2 is 2.05 bits per heavy atom. The minimum absolute atomic E-state index is 0.182. The molecule has 0 fully saturated rings. The van der Waals surface area contributed by atoms with E-state index in [4.69, 9.17) is 14.3 Å². The molecule has 0 amide bonds. The molecule has 0 bridgehead atoms. The molecule has 0 atom stereocenters. The lowest BCUT2D eigenvalue weighted by Gasteiger charge is -2.16. The summed E-state index contributed by atoms with van der Waals surface area (Å²) in [4.78, 5) is 13.3. The van der Waals surface area contributed by atoms with E-state index < -0.39 is 5.97 Å². The van der Waals surface area contributed by atoms with Crippen LogP contribution in [0.25, 0.3) is 0 Å². The molecule has 0 saturated carbocycles. The van der Waals surface area contributed by atoms with Crippen LogP contribution in [0.15, 0.2) is 41.2 Å². The van der Waals surface area contributed by atoms with E-state index in [-0.39, 0.29) is 5.56 Å². The van der Waals surface area contributed by atoms with E-state index in [1.54, 1.807) is 24.7 Å². The summed E-state index contributed by atoms with van der Waals surface area (Å²) in [6.45, 7) is 1.39. The molecule has 1 N–H and O–H groups in total. The fourth-order valence-corrected chi connectivity index (χ4v) is 2.08. The van der Waals surface area contributed by atoms with Crippen LogP contribution in [0, 0.1) is 0 Å². The first-order valence-electron chi connectivity index (χ1n) is 6.20. The molecule has 5 heteroatoms. The van der Waals surface area contributed by atoms with E-state index in [0.717, 1.165) is 17.7 Å². The van der Waals surface area contributed by atoms with Crippen LogP contribution in [0.5, 0.6) is 5.75 Å². The van der Waals surface area contributed by atoms with Gasteiger partial charge in [0.05, 0.1) is 19.6 Å². The molecular formula is C15H17NO4. The third-order valence-corrected chi connectivity index (χ3v) is 2.98. The van der Waals surface area contributed by atoms with E-state index in [1.807, 2.05) is 19.2 Å². The van der Waals surface area contributed by atoms with Gasteiger partial charge in [-0.15, -0.1) is 0 Å². The number of ether oxygens (including phenoxy) is 1. The van der Waals surface area contributed by atoms with Gasteiger partial charge in [-0.05, 0) is 30.8 Å². The molecule has 0 spiro atoms. The molecule has 0 aliphatic heterocycles. The van der Waals surface area contributed by atoms with Crippen molar-refractivity contribution in [1.29, 1.82) is 0 Å². The molecule has 0 radical (unpaired) electrons. The second-order valence-corrected chi connectivity index (χ2v) is 4.64. The van der Waals surface area contributed by atoms with Crippen molar-refractivity contribution in [3.8, 4) is 5.75 Å². The van der Waals surface area contributed by atoms with Crippen molar-refractivity contribution in [2.45, 2.75) is 13.1 Å². The topological polar surface area (TPSA) is 62.9 Å². The Labute approximate surface area is 117 Å². The van der Waals surface area contributed by atoms with Gasteiger partial charge in [0.15, 0.2) is 0 Å². The lowest BCUT2D eigenvalue weighted by atomic mass is 10.1. The summed E-state index contributed by atoms with van der Waals surface area (Å²) in [6.07, 6.45) is 3.34. The van der Waals surface area contributed by atoms with Crippen LogP contribution in [-0.2, 0) is 13.1 Å². The highest BCUT2D eigenvalue weighted by Gasteiger charge is 2.12. The van der Waals surface area contributed by atoms with Gasteiger partial charge < -0.3 is 14.3 Å². The Hall–Kier alpha value is -2.27.